The molecule has 0 aliphatic carbocycles. The van der Waals surface area contributed by atoms with Crippen molar-refractivity contribution >= 4 is 23.6 Å². The van der Waals surface area contributed by atoms with E-state index in [1.165, 1.54) is 26.4 Å². The van der Waals surface area contributed by atoms with E-state index in [2.05, 4.69) is 10.1 Å². The number of hydrogen-bond acceptors (Lipinski definition) is 7. The highest BCUT2D eigenvalue weighted by molar-refractivity contribution is 6.10. The third-order valence-electron chi connectivity index (χ3n) is 5.13. The first-order valence-corrected chi connectivity index (χ1v) is 10.3. The molecule has 0 aliphatic rings. The van der Waals surface area contributed by atoms with Crippen LogP contribution in [0.4, 0.5) is 5.69 Å². The van der Waals surface area contributed by atoms with Crippen LogP contribution in [0.15, 0.2) is 58.5 Å². The van der Waals surface area contributed by atoms with Crippen molar-refractivity contribution in [1.82, 2.24) is 0 Å². The molecule has 0 spiro atoms. The van der Waals surface area contributed by atoms with Gasteiger partial charge in [-0.05, 0) is 66.9 Å². The van der Waals surface area contributed by atoms with Crippen molar-refractivity contribution in [2.75, 3.05) is 19.5 Å². The number of nitrogens with zero attached hydrogens (tertiary/aromatic N) is 1. The second kappa shape index (κ2) is 10.9. The zero-order chi connectivity index (χ0) is 24.7. The largest absolute Gasteiger partial charge is 0.493 e. The van der Waals surface area contributed by atoms with E-state index in [4.69, 9.17) is 13.9 Å². The molecule has 2 aromatic carbocycles. The Balaban J connectivity index is 1.74. The van der Waals surface area contributed by atoms with Crippen molar-refractivity contribution in [2.45, 2.75) is 20.5 Å². The average molecular weight is 460 g/mol. The first-order chi connectivity index (χ1) is 16.4. The Hall–Kier alpha value is -4.51. The molecular formula is C26H24N2O6. The van der Waals surface area contributed by atoms with Crippen molar-refractivity contribution in [3.63, 3.8) is 0 Å². The Kier molecular flexibility index (Phi) is 7.72. The Labute approximate surface area is 197 Å². The highest BCUT2D eigenvalue weighted by Crippen LogP contribution is 2.30. The zero-order valence-corrected chi connectivity index (χ0v) is 19.3. The normalized spacial score (nSPS) is 10.9. The van der Waals surface area contributed by atoms with E-state index in [1.54, 1.807) is 30.3 Å². The molecule has 3 aromatic rings. The SMILES string of the molecule is COC(=O)c1ccc(COc2ccc(/C=C(\C#N)C(=O)Nc3cccc(C)c3C)cc2OC)o1. The van der Waals surface area contributed by atoms with E-state index < -0.39 is 11.9 Å². The number of rotatable bonds is 8. The summed E-state index contributed by atoms with van der Waals surface area (Å²) in [5, 5.41) is 12.3. The lowest BCUT2D eigenvalue weighted by Gasteiger charge is -2.11. The summed E-state index contributed by atoms with van der Waals surface area (Å²) in [6, 6.07) is 15.7. The molecule has 0 bridgehead atoms. The second-order valence-corrected chi connectivity index (χ2v) is 7.33. The third-order valence-corrected chi connectivity index (χ3v) is 5.13. The molecule has 0 unspecified atom stereocenters. The van der Waals surface area contributed by atoms with Gasteiger partial charge in [-0.15, -0.1) is 0 Å². The van der Waals surface area contributed by atoms with E-state index in [1.807, 2.05) is 32.0 Å². The highest BCUT2D eigenvalue weighted by Gasteiger charge is 2.14. The van der Waals surface area contributed by atoms with E-state index in [9.17, 15) is 14.9 Å². The fraction of sp³-hybridized carbons (Fsp3) is 0.192. The second-order valence-electron chi connectivity index (χ2n) is 7.33. The van der Waals surface area contributed by atoms with Crippen molar-refractivity contribution in [2.24, 2.45) is 0 Å². The van der Waals surface area contributed by atoms with Gasteiger partial charge < -0.3 is 23.9 Å². The van der Waals surface area contributed by atoms with Crippen LogP contribution in [-0.2, 0) is 16.1 Å². The van der Waals surface area contributed by atoms with Crippen LogP contribution in [-0.4, -0.2) is 26.1 Å². The summed E-state index contributed by atoms with van der Waals surface area (Å²) in [5.74, 6) is 0.261. The Morgan fingerprint density at radius 2 is 1.88 bits per heavy atom. The van der Waals surface area contributed by atoms with Gasteiger partial charge in [-0.3, -0.25) is 4.79 Å². The van der Waals surface area contributed by atoms with E-state index >= 15 is 0 Å². The number of amides is 1. The monoisotopic (exact) mass is 460 g/mol. The summed E-state index contributed by atoms with van der Waals surface area (Å²) in [4.78, 5) is 24.2. The van der Waals surface area contributed by atoms with Crippen LogP contribution in [0.5, 0.6) is 11.5 Å². The maximum atomic E-state index is 12.7. The van der Waals surface area contributed by atoms with Crippen LogP contribution >= 0.6 is 0 Å². The summed E-state index contributed by atoms with van der Waals surface area (Å²) >= 11 is 0. The fourth-order valence-corrected chi connectivity index (χ4v) is 3.10. The Morgan fingerprint density at radius 1 is 1.09 bits per heavy atom. The van der Waals surface area contributed by atoms with Gasteiger partial charge >= 0.3 is 5.97 Å². The summed E-state index contributed by atoms with van der Waals surface area (Å²) in [5.41, 5.74) is 3.16. The number of nitrogens with one attached hydrogen (secondary N) is 1. The van der Waals surface area contributed by atoms with Gasteiger partial charge in [-0.1, -0.05) is 18.2 Å². The molecule has 8 heteroatoms. The van der Waals surface area contributed by atoms with Crippen LogP contribution in [0.1, 0.15) is 33.0 Å². The highest BCUT2D eigenvalue weighted by atomic mass is 16.5. The van der Waals surface area contributed by atoms with Crippen molar-refractivity contribution in [3.8, 4) is 17.6 Å². The number of carbonyl (C=O) groups is 2. The maximum absolute atomic E-state index is 12.7. The summed E-state index contributed by atoms with van der Waals surface area (Å²) in [7, 11) is 2.75. The molecule has 0 radical (unpaired) electrons. The van der Waals surface area contributed by atoms with Gasteiger partial charge in [0.2, 0.25) is 5.76 Å². The topological polar surface area (TPSA) is 111 Å². The van der Waals surface area contributed by atoms with Gasteiger partial charge in [0, 0.05) is 5.69 Å². The molecule has 3 rings (SSSR count). The molecule has 0 fully saturated rings. The van der Waals surface area contributed by atoms with Gasteiger partial charge in [0.15, 0.2) is 11.5 Å². The summed E-state index contributed by atoms with van der Waals surface area (Å²) in [6.07, 6.45) is 1.47. The molecule has 0 saturated heterocycles. The number of carbonyl (C=O) groups excluding carboxylic acids is 2. The van der Waals surface area contributed by atoms with Crippen LogP contribution in [0.25, 0.3) is 6.08 Å². The number of anilines is 1. The minimum Gasteiger partial charge on any atom is -0.493 e. The maximum Gasteiger partial charge on any atom is 0.373 e. The summed E-state index contributed by atoms with van der Waals surface area (Å²) < 4.78 is 21.1. The lowest BCUT2D eigenvalue weighted by molar-refractivity contribution is -0.112. The lowest BCUT2D eigenvalue weighted by atomic mass is 10.1. The molecule has 1 aromatic heterocycles. The van der Waals surface area contributed by atoms with Crippen LogP contribution < -0.4 is 14.8 Å². The lowest BCUT2D eigenvalue weighted by Crippen LogP contribution is -2.14. The quantitative estimate of drug-likeness (QED) is 0.292. The number of benzene rings is 2. The molecule has 1 amide bonds. The molecule has 0 aliphatic heterocycles. The number of nitriles is 1. The van der Waals surface area contributed by atoms with Gasteiger partial charge in [-0.2, -0.15) is 5.26 Å². The summed E-state index contributed by atoms with van der Waals surface area (Å²) in [6.45, 7) is 3.92. The van der Waals surface area contributed by atoms with Crippen molar-refractivity contribution in [3.05, 3.63) is 82.3 Å². The smallest absolute Gasteiger partial charge is 0.373 e. The fourth-order valence-electron chi connectivity index (χ4n) is 3.10. The molecule has 34 heavy (non-hydrogen) atoms. The minimum atomic E-state index is -0.574. The molecule has 0 atom stereocenters. The number of hydrogen-bond donors (Lipinski definition) is 1. The van der Waals surface area contributed by atoms with Crippen molar-refractivity contribution < 1.29 is 28.2 Å². The van der Waals surface area contributed by atoms with Crippen LogP contribution in [0.2, 0.25) is 0 Å². The third kappa shape index (κ3) is 5.64. The molecule has 0 saturated carbocycles. The average Bonchev–Trinajstić information content (AvgIpc) is 3.32. The number of esters is 1. The van der Waals surface area contributed by atoms with Gasteiger partial charge in [-0.25, -0.2) is 4.79 Å². The van der Waals surface area contributed by atoms with E-state index in [0.717, 1.165) is 11.1 Å². The predicted molar refractivity (Wildman–Crippen MR) is 126 cm³/mol. The van der Waals surface area contributed by atoms with Crippen LogP contribution in [0.3, 0.4) is 0 Å². The van der Waals surface area contributed by atoms with Crippen molar-refractivity contribution in [1.29, 1.82) is 5.26 Å². The minimum absolute atomic E-state index is 0.0532. The molecule has 1 N–H and O–H groups in total. The van der Waals surface area contributed by atoms with Crippen LogP contribution in [0, 0.1) is 25.2 Å². The first kappa shape index (κ1) is 24.1. The predicted octanol–water partition coefficient (Wildman–Crippen LogP) is 4.82. The number of aryl methyl sites for hydroxylation is 1. The van der Waals surface area contributed by atoms with Gasteiger partial charge in [0.05, 0.1) is 14.2 Å². The number of methoxy groups -OCH3 is 2. The number of furan rings is 1. The Bertz CT molecular complexity index is 1280. The molecule has 174 valence electrons. The van der Waals surface area contributed by atoms with Gasteiger partial charge in [0.25, 0.3) is 5.91 Å². The zero-order valence-electron chi connectivity index (χ0n) is 19.3. The Morgan fingerprint density at radius 3 is 2.59 bits per heavy atom. The first-order valence-electron chi connectivity index (χ1n) is 10.3. The molecule has 1 heterocycles. The van der Waals surface area contributed by atoms with E-state index in [0.29, 0.717) is 28.5 Å². The molecular weight excluding hydrogens is 436 g/mol. The van der Waals surface area contributed by atoms with E-state index in [-0.39, 0.29) is 17.9 Å². The standard InChI is InChI=1S/C26H24N2O6/c1-16-6-5-7-21(17(16)2)28-25(29)19(14-27)12-18-8-10-22(24(13-18)31-3)33-15-20-9-11-23(34-20)26(30)32-4/h5-13H,15H2,1-4H3,(H,28,29)/b19-12+. The van der Waals surface area contributed by atoms with Gasteiger partial charge in [0.1, 0.15) is 24.0 Å². The number of ether oxygens (including phenoxy) is 3. The molecule has 8 nitrogen and oxygen atoms in total.